The highest BCUT2D eigenvalue weighted by atomic mass is 16.6. The predicted molar refractivity (Wildman–Crippen MR) is 106 cm³/mol. The quantitative estimate of drug-likeness (QED) is 0.878. The van der Waals surface area contributed by atoms with Gasteiger partial charge in [0.2, 0.25) is 5.91 Å². The Morgan fingerprint density at radius 3 is 2.54 bits per heavy atom. The van der Waals surface area contributed by atoms with Crippen LogP contribution in [0.2, 0.25) is 0 Å². The van der Waals surface area contributed by atoms with Gasteiger partial charge in [0.05, 0.1) is 17.6 Å². The van der Waals surface area contributed by atoms with E-state index < -0.39 is 11.5 Å². The fourth-order valence-electron chi connectivity index (χ4n) is 3.23. The molecule has 1 aliphatic rings. The number of piperidine rings is 1. The zero-order valence-corrected chi connectivity index (χ0v) is 16.5. The number of rotatable bonds is 3. The third-order valence-corrected chi connectivity index (χ3v) is 4.66. The number of aromatic nitrogens is 2. The van der Waals surface area contributed by atoms with Crippen molar-refractivity contribution in [1.29, 1.82) is 0 Å². The number of nitrogens with zero attached hydrogens (tertiary/aromatic N) is 3. The molecule has 1 aliphatic heterocycles. The minimum atomic E-state index is -0.493. The Hall–Kier alpha value is -2.96. The van der Waals surface area contributed by atoms with Crippen LogP contribution in [0.1, 0.15) is 55.6 Å². The van der Waals surface area contributed by atoms with Gasteiger partial charge in [-0.05, 0) is 45.7 Å². The molecule has 2 N–H and O–H groups in total. The van der Waals surface area contributed by atoms with Gasteiger partial charge in [-0.2, -0.15) is 0 Å². The van der Waals surface area contributed by atoms with Crippen LogP contribution in [0.25, 0.3) is 11.3 Å². The maximum atomic E-state index is 12.2. The molecule has 148 valence electrons. The summed E-state index contributed by atoms with van der Waals surface area (Å²) in [6.45, 7) is 6.86. The highest BCUT2D eigenvalue weighted by molar-refractivity contribution is 5.93. The molecular weight excluding hydrogens is 356 g/mol. The molecule has 0 aliphatic carbocycles. The standard InChI is InChI=1S/C21H26N4O3/c1-21(2,3)28-20(27)25-9-7-14(8-10-25)17-12-23-13-18(24-17)15-5-4-6-16(11-15)19(22)26/h4-6,11-14H,7-10H2,1-3H3,(H2,22,26). The zero-order valence-electron chi connectivity index (χ0n) is 16.5. The minimum Gasteiger partial charge on any atom is -0.444 e. The van der Waals surface area contributed by atoms with Crippen molar-refractivity contribution < 1.29 is 14.3 Å². The molecular formula is C21H26N4O3. The number of carbonyl (C=O) groups excluding carboxylic acids is 2. The highest BCUT2D eigenvalue weighted by Crippen LogP contribution is 2.29. The van der Waals surface area contributed by atoms with E-state index >= 15 is 0 Å². The number of nitrogens with two attached hydrogens (primary N) is 1. The topological polar surface area (TPSA) is 98.4 Å². The molecule has 1 fully saturated rings. The third kappa shape index (κ3) is 4.85. The Labute approximate surface area is 164 Å². The summed E-state index contributed by atoms with van der Waals surface area (Å²) in [4.78, 5) is 34.5. The zero-order chi connectivity index (χ0) is 20.3. The molecule has 0 bridgehead atoms. The molecule has 1 aromatic heterocycles. The lowest BCUT2D eigenvalue weighted by Crippen LogP contribution is -2.41. The van der Waals surface area contributed by atoms with Crippen LogP contribution in [-0.2, 0) is 4.74 Å². The first-order valence-electron chi connectivity index (χ1n) is 9.43. The number of amides is 2. The normalized spacial score (nSPS) is 15.3. The summed E-state index contributed by atoms with van der Waals surface area (Å²) < 4.78 is 5.45. The van der Waals surface area contributed by atoms with Gasteiger partial charge in [0, 0.05) is 36.3 Å². The van der Waals surface area contributed by atoms with Crippen LogP contribution in [0, 0.1) is 0 Å². The molecule has 2 heterocycles. The van der Waals surface area contributed by atoms with E-state index in [2.05, 4.69) is 4.98 Å². The average Bonchev–Trinajstić information content (AvgIpc) is 2.67. The van der Waals surface area contributed by atoms with E-state index in [4.69, 9.17) is 15.5 Å². The lowest BCUT2D eigenvalue weighted by molar-refractivity contribution is 0.0204. The van der Waals surface area contributed by atoms with E-state index in [0.29, 0.717) is 24.3 Å². The van der Waals surface area contributed by atoms with Crippen molar-refractivity contribution in [3.63, 3.8) is 0 Å². The number of likely N-dealkylation sites (tertiary alicyclic amines) is 1. The number of benzene rings is 1. The van der Waals surface area contributed by atoms with Gasteiger partial charge in [0.1, 0.15) is 5.60 Å². The fraction of sp³-hybridized carbons (Fsp3) is 0.429. The molecule has 1 aromatic carbocycles. The summed E-state index contributed by atoms with van der Waals surface area (Å²) in [5.41, 5.74) is 7.71. The summed E-state index contributed by atoms with van der Waals surface area (Å²) in [5.74, 6) is -0.245. The van der Waals surface area contributed by atoms with Crippen molar-refractivity contribution in [2.45, 2.75) is 45.1 Å². The summed E-state index contributed by atoms with van der Waals surface area (Å²) >= 11 is 0. The molecule has 0 unspecified atom stereocenters. The lowest BCUT2D eigenvalue weighted by Gasteiger charge is -2.33. The fourth-order valence-corrected chi connectivity index (χ4v) is 3.23. The van der Waals surface area contributed by atoms with E-state index in [0.717, 1.165) is 24.1 Å². The number of carbonyl (C=O) groups is 2. The summed E-state index contributed by atoms with van der Waals surface area (Å²) in [7, 11) is 0. The van der Waals surface area contributed by atoms with E-state index in [-0.39, 0.29) is 12.0 Å². The maximum Gasteiger partial charge on any atom is 0.410 e. The lowest BCUT2D eigenvalue weighted by atomic mass is 9.94. The van der Waals surface area contributed by atoms with Crippen LogP contribution in [0.4, 0.5) is 4.79 Å². The Bertz CT molecular complexity index is 868. The smallest absolute Gasteiger partial charge is 0.410 e. The first-order valence-corrected chi connectivity index (χ1v) is 9.43. The van der Waals surface area contributed by atoms with Gasteiger partial charge < -0.3 is 15.4 Å². The predicted octanol–water partition coefficient (Wildman–Crippen LogP) is 3.36. The average molecular weight is 382 g/mol. The van der Waals surface area contributed by atoms with Crippen molar-refractivity contribution in [2.24, 2.45) is 5.73 Å². The Morgan fingerprint density at radius 2 is 1.89 bits per heavy atom. The van der Waals surface area contributed by atoms with Crippen LogP contribution >= 0.6 is 0 Å². The van der Waals surface area contributed by atoms with Gasteiger partial charge in [-0.1, -0.05) is 12.1 Å². The van der Waals surface area contributed by atoms with E-state index in [9.17, 15) is 9.59 Å². The van der Waals surface area contributed by atoms with Gasteiger partial charge in [-0.25, -0.2) is 9.78 Å². The summed E-state index contributed by atoms with van der Waals surface area (Å²) in [6.07, 6.45) is 4.79. The van der Waals surface area contributed by atoms with Gasteiger partial charge in [0.25, 0.3) is 0 Å². The summed E-state index contributed by atoms with van der Waals surface area (Å²) in [6, 6.07) is 7.06. The van der Waals surface area contributed by atoms with Gasteiger partial charge in [-0.3, -0.25) is 9.78 Å². The minimum absolute atomic E-state index is 0.227. The third-order valence-electron chi connectivity index (χ3n) is 4.66. The largest absolute Gasteiger partial charge is 0.444 e. The maximum absolute atomic E-state index is 12.2. The molecule has 0 atom stereocenters. The first-order chi connectivity index (χ1) is 13.2. The van der Waals surface area contributed by atoms with Crippen LogP contribution < -0.4 is 5.73 Å². The molecule has 0 saturated carbocycles. The number of primary amides is 1. The van der Waals surface area contributed by atoms with Gasteiger partial charge >= 0.3 is 6.09 Å². The van der Waals surface area contributed by atoms with Crippen molar-refractivity contribution in [1.82, 2.24) is 14.9 Å². The highest BCUT2D eigenvalue weighted by Gasteiger charge is 2.28. The van der Waals surface area contributed by atoms with Crippen LogP contribution in [0.3, 0.4) is 0 Å². The SMILES string of the molecule is CC(C)(C)OC(=O)N1CCC(c2cncc(-c3cccc(C(N)=O)c3)n2)CC1. The summed E-state index contributed by atoms with van der Waals surface area (Å²) in [5, 5.41) is 0. The van der Waals surface area contributed by atoms with Crippen molar-refractivity contribution in [3.8, 4) is 11.3 Å². The second-order valence-electron chi connectivity index (χ2n) is 8.02. The molecule has 1 saturated heterocycles. The van der Waals surface area contributed by atoms with Crippen molar-refractivity contribution in [3.05, 3.63) is 47.9 Å². The van der Waals surface area contributed by atoms with Gasteiger partial charge in [-0.15, -0.1) is 0 Å². The van der Waals surface area contributed by atoms with Crippen LogP contribution in [0.5, 0.6) is 0 Å². The Kier molecular flexibility index (Phi) is 5.63. The van der Waals surface area contributed by atoms with E-state index in [1.54, 1.807) is 35.5 Å². The second-order valence-corrected chi connectivity index (χ2v) is 8.02. The Balaban J connectivity index is 1.70. The molecule has 7 nitrogen and oxygen atoms in total. The van der Waals surface area contributed by atoms with Crippen LogP contribution in [0.15, 0.2) is 36.7 Å². The van der Waals surface area contributed by atoms with Crippen molar-refractivity contribution in [2.75, 3.05) is 13.1 Å². The second kappa shape index (κ2) is 7.96. The molecule has 0 spiro atoms. The monoisotopic (exact) mass is 382 g/mol. The Morgan fingerprint density at radius 1 is 1.18 bits per heavy atom. The molecule has 28 heavy (non-hydrogen) atoms. The molecule has 0 radical (unpaired) electrons. The van der Waals surface area contributed by atoms with Gasteiger partial charge in [0.15, 0.2) is 0 Å². The molecule has 2 amide bonds. The van der Waals surface area contributed by atoms with E-state index in [1.807, 2.05) is 26.8 Å². The van der Waals surface area contributed by atoms with Crippen LogP contribution in [-0.4, -0.2) is 45.6 Å². The number of hydrogen-bond donors (Lipinski definition) is 1. The number of ether oxygens (including phenoxy) is 1. The first kappa shape index (κ1) is 19.8. The van der Waals surface area contributed by atoms with E-state index in [1.165, 1.54) is 0 Å². The van der Waals surface area contributed by atoms with Crippen molar-refractivity contribution >= 4 is 12.0 Å². The molecule has 2 aromatic rings. The number of hydrogen-bond acceptors (Lipinski definition) is 5. The molecule has 3 rings (SSSR count). The molecule has 7 heteroatoms.